The monoisotopic (exact) mass is 509 g/mol. The predicted molar refractivity (Wildman–Crippen MR) is 129 cm³/mol. The molecule has 0 saturated heterocycles. The summed E-state index contributed by atoms with van der Waals surface area (Å²) in [5.74, 6) is 0.857. The van der Waals surface area contributed by atoms with Crippen LogP contribution in [-0.2, 0) is 28.8 Å². The van der Waals surface area contributed by atoms with Gasteiger partial charge in [-0.05, 0) is 36.8 Å². The number of carbonyl (C=O) groups excluding carboxylic acids is 1. The summed E-state index contributed by atoms with van der Waals surface area (Å²) in [6.45, 7) is 3.69. The topological polar surface area (TPSA) is 73.1 Å². The standard InChI is InChI=1S/C24H30F3N5O2S/c1-18(33)31(12-13-34-2)16-20-17-32(30-29-20)11-5-3-4-6-14-35-23-9-10-28-22-15-19(24(25,26)27)7-8-21(22)23/h7-10,15,17H,3-6,11-14,16H2,1-2H3. The fraction of sp³-hybridized carbons (Fsp3) is 0.500. The van der Waals surface area contributed by atoms with Gasteiger partial charge in [-0.25, -0.2) is 0 Å². The summed E-state index contributed by atoms with van der Waals surface area (Å²) in [7, 11) is 1.60. The molecule has 0 saturated carbocycles. The molecule has 35 heavy (non-hydrogen) atoms. The van der Waals surface area contributed by atoms with Crippen LogP contribution in [0.2, 0.25) is 0 Å². The van der Waals surface area contributed by atoms with E-state index >= 15 is 0 Å². The zero-order valence-corrected chi connectivity index (χ0v) is 20.7. The lowest BCUT2D eigenvalue weighted by atomic mass is 10.1. The minimum absolute atomic E-state index is 0.0275. The van der Waals surface area contributed by atoms with Gasteiger partial charge in [-0.2, -0.15) is 13.2 Å². The number of halogens is 3. The molecule has 0 aliphatic rings. The molecular weight excluding hydrogens is 479 g/mol. The van der Waals surface area contributed by atoms with Crippen LogP contribution >= 0.6 is 11.8 Å². The maximum atomic E-state index is 12.9. The average molecular weight is 510 g/mol. The van der Waals surface area contributed by atoms with Gasteiger partial charge < -0.3 is 9.64 Å². The molecule has 0 fully saturated rings. The van der Waals surface area contributed by atoms with Crippen LogP contribution in [0.25, 0.3) is 10.9 Å². The van der Waals surface area contributed by atoms with Gasteiger partial charge in [-0.1, -0.05) is 24.1 Å². The van der Waals surface area contributed by atoms with Gasteiger partial charge in [0, 0.05) is 43.6 Å². The molecule has 1 amide bonds. The van der Waals surface area contributed by atoms with E-state index in [1.54, 1.807) is 34.7 Å². The summed E-state index contributed by atoms with van der Waals surface area (Å²) >= 11 is 1.64. The number of alkyl halides is 3. The minimum atomic E-state index is -4.37. The Balaban J connectivity index is 1.37. The summed E-state index contributed by atoms with van der Waals surface area (Å²) in [5, 5.41) is 9.06. The van der Waals surface area contributed by atoms with Gasteiger partial charge in [0.05, 0.1) is 30.4 Å². The van der Waals surface area contributed by atoms with Crippen molar-refractivity contribution in [3.8, 4) is 0 Å². The molecular formula is C24H30F3N5O2S. The predicted octanol–water partition coefficient (Wildman–Crippen LogP) is 5.19. The Morgan fingerprint density at radius 2 is 1.97 bits per heavy atom. The van der Waals surface area contributed by atoms with E-state index in [-0.39, 0.29) is 5.91 Å². The number of fused-ring (bicyclic) bond motifs is 1. The van der Waals surface area contributed by atoms with Crippen molar-refractivity contribution in [1.82, 2.24) is 24.9 Å². The van der Waals surface area contributed by atoms with E-state index in [9.17, 15) is 18.0 Å². The van der Waals surface area contributed by atoms with Crippen molar-refractivity contribution in [2.75, 3.05) is 26.0 Å². The first-order valence-corrected chi connectivity index (χ1v) is 12.5. The molecule has 11 heteroatoms. The van der Waals surface area contributed by atoms with E-state index in [0.29, 0.717) is 25.2 Å². The molecule has 0 spiro atoms. The average Bonchev–Trinajstić information content (AvgIpc) is 3.27. The van der Waals surface area contributed by atoms with Crippen LogP contribution in [0.4, 0.5) is 13.2 Å². The third kappa shape index (κ3) is 8.21. The third-order valence-electron chi connectivity index (χ3n) is 5.52. The van der Waals surface area contributed by atoms with Crippen molar-refractivity contribution < 1.29 is 22.7 Å². The summed E-state index contributed by atoms with van der Waals surface area (Å²) in [6.07, 6.45) is 3.12. The van der Waals surface area contributed by atoms with Crippen molar-refractivity contribution in [3.63, 3.8) is 0 Å². The highest BCUT2D eigenvalue weighted by atomic mass is 32.2. The molecule has 0 bridgehead atoms. The number of ether oxygens (including phenoxy) is 1. The van der Waals surface area contributed by atoms with Gasteiger partial charge in [0.1, 0.15) is 5.69 Å². The molecule has 0 N–H and O–H groups in total. The van der Waals surface area contributed by atoms with Gasteiger partial charge in [0.2, 0.25) is 5.91 Å². The van der Waals surface area contributed by atoms with Crippen molar-refractivity contribution in [2.24, 2.45) is 0 Å². The molecule has 3 rings (SSSR count). The number of nitrogens with zero attached hydrogens (tertiary/aromatic N) is 5. The number of methoxy groups -OCH3 is 1. The van der Waals surface area contributed by atoms with Crippen molar-refractivity contribution in [1.29, 1.82) is 0 Å². The molecule has 3 aromatic rings. The SMILES string of the molecule is COCCN(Cc1cn(CCCCCCSc2ccnc3cc(C(F)(F)F)ccc23)nn1)C(C)=O. The van der Waals surface area contributed by atoms with Crippen LogP contribution in [0.1, 0.15) is 43.9 Å². The lowest BCUT2D eigenvalue weighted by molar-refractivity contribution is -0.137. The zero-order chi connectivity index (χ0) is 25.3. The summed E-state index contributed by atoms with van der Waals surface area (Å²) < 4.78 is 45.7. The number of aromatic nitrogens is 4. The maximum Gasteiger partial charge on any atom is 0.416 e. The normalized spacial score (nSPS) is 11.8. The number of benzene rings is 1. The zero-order valence-electron chi connectivity index (χ0n) is 19.9. The molecule has 0 unspecified atom stereocenters. The van der Waals surface area contributed by atoms with Crippen molar-refractivity contribution in [3.05, 3.63) is 47.9 Å². The first-order chi connectivity index (χ1) is 16.8. The first kappa shape index (κ1) is 26.9. The molecule has 190 valence electrons. The second-order valence-corrected chi connectivity index (χ2v) is 9.34. The Hall–Kier alpha value is -2.66. The summed E-state index contributed by atoms with van der Waals surface area (Å²) in [6, 6.07) is 5.57. The third-order valence-corrected chi connectivity index (χ3v) is 6.68. The van der Waals surface area contributed by atoms with E-state index < -0.39 is 11.7 Å². The number of hydrogen-bond donors (Lipinski definition) is 0. The number of aryl methyl sites for hydroxylation is 1. The van der Waals surface area contributed by atoms with Crippen LogP contribution in [0.15, 0.2) is 41.6 Å². The fourth-order valence-electron chi connectivity index (χ4n) is 3.60. The molecule has 2 aromatic heterocycles. The van der Waals surface area contributed by atoms with Gasteiger partial charge >= 0.3 is 6.18 Å². The van der Waals surface area contributed by atoms with Crippen LogP contribution in [0.3, 0.4) is 0 Å². The lowest BCUT2D eigenvalue weighted by Crippen LogP contribution is -2.31. The number of hydrogen-bond acceptors (Lipinski definition) is 6. The van der Waals surface area contributed by atoms with Crippen LogP contribution < -0.4 is 0 Å². The summed E-state index contributed by atoms with van der Waals surface area (Å²) in [4.78, 5) is 18.5. The van der Waals surface area contributed by atoms with Gasteiger partial charge in [-0.3, -0.25) is 14.5 Å². The number of rotatable bonds is 13. The highest BCUT2D eigenvalue weighted by molar-refractivity contribution is 7.99. The summed E-state index contributed by atoms with van der Waals surface area (Å²) in [5.41, 5.74) is 0.434. The fourth-order valence-corrected chi connectivity index (χ4v) is 4.65. The molecule has 0 radical (unpaired) electrons. The second-order valence-electron chi connectivity index (χ2n) is 8.21. The number of amides is 1. The Morgan fingerprint density at radius 3 is 2.71 bits per heavy atom. The smallest absolute Gasteiger partial charge is 0.383 e. The number of carbonyl (C=O) groups is 1. The number of unbranched alkanes of at least 4 members (excludes halogenated alkanes) is 3. The second kappa shape index (κ2) is 12.9. The lowest BCUT2D eigenvalue weighted by Gasteiger charge is -2.18. The Bertz CT molecular complexity index is 1110. The van der Waals surface area contributed by atoms with E-state index in [1.807, 2.05) is 12.3 Å². The molecule has 2 heterocycles. The molecule has 0 aliphatic carbocycles. The van der Waals surface area contributed by atoms with Crippen molar-refractivity contribution >= 4 is 28.6 Å². The van der Waals surface area contributed by atoms with Crippen LogP contribution in [0, 0.1) is 0 Å². The Kier molecular flexibility index (Phi) is 9.91. The van der Waals surface area contributed by atoms with Crippen LogP contribution in [0.5, 0.6) is 0 Å². The molecule has 7 nitrogen and oxygen atoms in total. The quantitative estimate of drug-likeness (QED) is 0.233. The first-order valence-electron chi connectivity index (χ1n) is 11.5. The number of pyridine rings is 1. The van der Waals surface area contributed by atoms with Crippen LogP contribution in [-0.4, -0.2) is 56.8 Å². The number of thioether (sulfide) groups is 1. The molecule has 1 aromatic carbocycles. The van der Waals surface area contributed by atoms with E-state index in [1.165, 1.54) is 13.0 Å². The minimum Gasteiger partial charge on any atom is -0.383 e. The highest BCUT2D eigenvalue weighted by Crippen LogP contribution is 2.34. The van der Waals surface area contributed by atoms with E-state index in [2.05, 4.69) is 15.3 Å². The van der Waals surface area contributed by atoms with Crippen molar-refractivity contribution in [2.45, 2.75) is 56.8 Å². The van der Waals surface area contributed by atoms with E-state index in [4.69, 9.17) is 4.74 Å². The van der Waals surface area contributed by atoms with Gasteiger partial charge in [0.15, 0.2) is 0 Å². The molecule has 0 atom stereocenters. The van der Waals surface area contributed by atoms with Gasteiger partial charge in [-0.15, -0.1) is 16.9 Å². The largest absolute Gasteiger partial charge is 0.416 e. The highest BCUT2D eigenvalue weighted by Gasteiger charge is 2.30. The Labute approximate surface area is 207 Å². The maximum absolute atomic E-state index is 12.9. The molecule has 0 aliphatic heterocycles. The Morgan fingerprint density at radius 1 is 1.17 bits per heavy atom. The van der Waals surface area contributed by atoms with E-state index in [0.717, 1.165) is 66.1 Å². The van der Waals surface area contributed by atoms with Gasteiger partial charge in [0.25, 0.3) is 0 Å².